The Morgan fingerprint density at radius 2 is 1.90 bits per heavy atom. The summed E-state index contributed by atoms with van der Waals surface area (Å²) >= 11 is 9.20. The van der Waals surface area contributed by atoms with E-state index < -0.39 is 0 Å². The first-order valence-electron chi connectivity index (χ1n) is 6.10. The van der Waals surface area contributed by atoms with Gasteiger partial charge in [-0.2, -0.15) is 0 Å². The van der Waals surface area contributed by atoms with Crippen molar-refractivity contribution in [3.8, 4) is 0 Å². The highest BCUT2D eigenvalue weighted by Gasteiger charge is 2.04. The standard InChI is InChI=1S/C15H14BrClN2O/c1-10-2-3-11(16)8-14(10)18-9-15(20)19-13-6-4-12(17)5-7-13/h2-8,18H,9H2,1H3,(H,19,20). The summed E-state index contributed by atoms with van der Waals surface area (Å²) in [5.41, 5.74) is 2.75. The zero-order chi connectivity index (χ0) is 14.5. The number of amides is 1. The Bertz CT molecular complexity index is 614. The van der Waals surface area contributed by atoms with Crippen LogP contribution in [0.15, 0.2) is 46.9 Å². The molecule has 0 atom stereocenters. The van der Waals surface area contributed by atoms with Crippen LogP contribution in [-0.4, -0.2) is 12.5 Å². The van der Waals surface area contributed by atoms with Gasteiger partial charge in [-0.25, -0.2) is 0 Å². The molecule has 104 valence electrons. The summed E-state index contributed by atoms with van der Waals surface area (Å²) in [6.45, 7) is 2.20. The van der Waals surface area contributed by atoms with Crippen molar-refractivity contribution in [3.05, 3.63) is 57.5 Å². The van der Waals surface area contributed by atoms with E-state index in [0.29, 0.717) is 5.02 Å². The molecule has 0 bridgehead atoms. The monoisotopic (exact) mass is 352 g/mol. The number of nitrogens with one attached hydrogen (secondary N) is 2. The van der Waals surface area contributed by atoms with Crippen molar-refractivity contribution in [2.45, 2.75) is 6.92 Å². The number of carbonyl (C=O) groups is 1. The van der Waals surface area contributed by atoms with Crippen LogP contribution in [0.1, 0.15) is 5.56 Å². The number of benzene rings is 2. The Labute approximate surface area is 131 Å². The first-order chi connectivity index (χ1) is 9.54. The molecule has 5 heteroatoms. The molecule has 0 radical (unpaired) electrons. The van der Waals surface area contributed by atoms with E-state index in [1.54, 1.807) is 24.3 Å². The molecule has 0 aromatic heterocycles. The lowest BCUT2D eigenvalue weighted by Gasteiger charge is -2.10. The highest BCUT2D eigenvalue weighted by Crippen LogP contribution is 2.20. The van der Waals surface area contributed by atoms with Crippen LogP contribution in [0, 0.1) is 6.92 Å². The van der Waals surface area contributed by atoms with Crippen molar-refractivity contribution < 1.29 is 4.79 Å². The van der Waals surface area contributed by atoms with Crippen molar-refractivity contribution in [3.63, 3.8) is 0 Å². The molecule has 2 N–H and O–H groups in total. The smallest absolute Gasteiger partial charge is 0.243 e. The Balaban J connectivity index is 1.92. The largest absolute Gasteiger partial charge is 0.376 e. The number of anilines is 2. The molecule has 3 nitrogen and oxygen atoms in total. The molecule has 0 fully saturated rings. The zero-order valence-corrected chi connectivity index (χ0v) is 13.3. The molecule has 2 aromatic rings. The summed E-state index contributed by atoms with van der Waals surface area (Å²) in [5, 5.41) is 6.56. The molecule has 0 saturated heterocycles. The lowest BCUT2D eigenvalue weighted by molar-refractivity contribution is -0.114. The van der Waals surface area contributed by atoms with Gasteiger partial charge in [0.25, 0.3) is 0 Å². The minimum absolute atomic E-state index is 0.105. The van der Waals surface area contributed by atoms with Crippen molar-refractivity contribution in [1.82, 2.24) is 0 Å². The van der Waals surface area contributed by atoms with Crippen molar-refractivity contribution in [2.24, 2.45) is 0 Å². The number of aryl methyl sites for hydroxylation is 1. The van der Waals surface area contributed by atoms with Gasteiger partial charge in [-0.1, -0.05) is 33.6 Å². The number of halogens is 2. The summed E-state index contributed by atoms with van der Waals surface area (Å²) in [5.74, 6) is -0.105. The number of rotatable bonds is 4. The number of hydrogen-bond acceptors (Lipinski definition) is 2. The van der Waals surface area contributed by atoms with E-state index >= 15 is 0 Å². The minimum Gasteiger partial charge on any atom is -0.376 e. The van der Waals surface area contributed by atoms with Crippen LogP contribution < -0.4 is 10.6 Å². The Kier molecular flexibility index (Phi) is 5.04. The van der Waals surface area contributed by atoms with Crippen LogP contribution in [-0.2, 0) is 4.79 Å². The predicted octanol–water partition coefficient (Wildman–Crippen LogP) is 4.46. The van der Waals surface area contributed by atoms with E-state index in [1.165, 1.54) is 0 Å². The van der Waals surface area contributed by atoms with Crippen LogP contribution in [0.25, 0.3) is 0 Å². The topological polar surface area (TPSA) is 41.1 Å². The van der Waals surface area contributed by atoms with Gasteiger partial charge in [-0.05, 0) is 48.9 Å². The summed E-state index contributed by atoms with van der Waals surface area (Å²) < 4.78 is 0.976. The molecule has 2 aromatic carbocycles. The molecule has 0 aliphatic heterocycles. The summed E-state index contributed by atoms with van der Waals surface area (Å²) in [6.07, 6.45) is 0. The summed E-state index contributed by atoms with van der Waals surface area (Å²) in [7, 11) is 0. The van der Waals surface area contributed by atoms with Crippen molar-refractivity contribution in [1.29, 1.82) is 0 Å². The maximum atomic E-state index is 11.8. The Hall–Kier alpha value is -1.52. The molecule has 0 unspecified atom stereocenters. The summed E-state index contributed by atoms with van der Waals surface area (Å²) in [6, 6.07) is 12.9. The van der Waals surface area contributed by atoms with E-state index in [-0.39, 0.29) is 12.5 Å². The molecule has 0 heterocycles. The number of carbonyl (C=O) groups excluding carboxylic acids is 1. The van der Waals surface area contributed by atoms with Gasteiger partial charge in [0.05, 0.1) is 6.54 Å². The van der Waals surface area contributed by atoms with Crippen LogP contribution in [0.3, 0.4) is 0 Å². The van der Waals surface area contributed by atoms with Gasteiger partial charge in [0, 0.05) is 20.9 Å². The fourth-order valence-electron chi connectivity index (χ4n) is 1.70. The minimum atomic E-state index is -0.105. The molecule has 2 rings (SSSR count). The van der Waals surface area contributed by atoms with Gasteiger partial charge in [-0.15, -0.1) is 0 Å². The van der Waals surface area contributed by atoms with Crippen molar-refractivity contribution >= 4 is 44.8 Å². The van der Waals surface area contributed by atoms with Gasteiger partial charge in [-0.3, -0.25) is 4.79 Å². The van der Waals surface area contributed by atoms with E-state index in [2.05, 4.69) is 26.6 Å². The molecule has 0 saturated carbocycles. The maximum absolute atomic E-state index is 11.8. The van der Waals surface area contributed by atoms with Gasteiger partial charge in [0.2, 0.25) is 5.91 Å². The lowest BCUT2D eigenvalue weighted by atomic mass is 10.2. The molecular formula is C15H14BrClN2O. The second kappa shape index (κ2) is 6.77. The van der Waals surface area contributed by atoms with Gasteiger partial charge < -0.3 is 10.6 Å². The van der Waals surface area contributed by atoms with E-state index in [0.717, 1.165) is 21.4 Å². The van der Waals surface area contributed by atoms with Gasteiger partial charge in [0.1, 0.15) is 0 Å². The molecule has 20 heavy (non-hydrogen) atoms. The van der Waals surface area contributed by atoms with Crippen LogP contribution >= 0.6 is 27.5 Å². The quantitative estimate of drug-likeness (QED) is 0.852. The highest BCUT2D eigenvalue weighted by atomic mass is 79.9. The van der Waals surface area contributed by atoms with Gasteiger partial charge in [0.15, 0.2) is 0 Å². The molecular weight excluding hydrogens is 340 g/mol. The second-order valence-corrected chi connectivity index (χ2v) is 5.72. The molecule has 1 amide bonds. The maximum Gasteiger partial charge on any atom is 0.243 e. The van der Waals surface area contributed by atoms with Crippen molar-refractivity contribution in [2.75, 3.05) is 17.2 Å². The van der Waals surface area contributed by atoms with E-state index in [4.69, 9.17) is 11.6 Å². The fraction of sp³-hybridized carbons (Fsp3) is 0.133. The lowest BCUT2D eigenvalue weighted by Crippen LogP contribution is -2.22. The SMILES string of the molecule is Cc1ccc(Br)cc1NCC(=O)Nc1ccc(Cl)cc1. The molecule has 0 aliphatic rings. The average molecular weight is 354 g/mol. The summed E-state index contributed by atoms with van der Waals surface area (Å²) in [4.78, 5) is 11.8. The van der Waals surface area contributed by atoms with E-state index in [9.17, 15) is 4.79 Å². The average Bonchev–Trinajstić information content (AvgIpc) is 2.42. The highest BCUT2D eigenvalue weighted by molar-refractivity contribution is 9.10. The number of hydrogen-bond donors (Lipinski definition) is 2. The Morgan fingerprint density at radius 3 is 2.60 bits per heavy atom. The molecule has 0 aliphatic carbocycles. The predicted molar refractivity (Wildman–Crippen MR) is 87.5 cm³/mol. The normalized spacial score (nSPS) is 10.2. The van der Waals surface area contributed by atoms with Crippen LogP contribution in [0.5, 0.6) is 0 Å². The van der Waals surface area contributed by atoms with E-state index in [1.807, 2.05) is 25.1 Å². The van der Waals surface area contributed by atoms with Crippen LogP contribution in [0.2, 0.25) is 5.02 Å². The van der Waals surface area contributed by atoms with Gasteiger partial charge >= 0.3 is 0 Å². The van der Waals surface area contributed by atoms with Crippen LogP contribution in [0.4, 0.5) is 11.4 Å². The molecule has 0 spiro atoms. The first kappa shape index (κ1) is 14.9. The third kappa shape index (κ3) is 4.25. The second-order valence-electron chi connectivity index (χ2n) is 4.37. The Morgan fingerprint density at radius 1 is 1.20 bits per heavy atom. The third-order valence-electron chi connectivity index (χ3n) is 2.77. The third-order valence-corrected chi connectivity index (χ3v) is 3.51. The zero-order valence-electron chi connectivity index (χ0n) is 10.9. The fourth-order valence-corrected chi connectivity index (χ4v) is 2.19. The first-order valence-corrected chi connectivity index (χ1v) is 7.27.